The molecule has 0 fully saturated rings. The van der Waals surface area contributed by atoms with Crippen LogP contribution in [0, 0.1) is 11.6 Å². The van der Waals surface area contributed by atoms with Crippen molar-refractivity contribution in [3.8, 4) is 0 Å². The normalized spacial score (nSPS) is 13.5. The molecule has 156 valence electrons. The van der Waals surface area contributed by atoms with E-state index in [2.05, 4.69) is 20.7 Å². The molecule has 0 aliphatic carbocycles. The second-order valence-corrected chi connectivity index (χ2v) is 7.15. The number of pyridine rings is 1. The zero-order valence-electron chi connectivity index (χ0n) is 16.1. The first-order chi connectivity index (χ1) is 14.5. The summed E-state index contributed by atoms with van der Waals surface area (Å²) in [5.74, 6) is -1.41. The molecule has 0 atom stereocenters. The summed E-state index contributed by atoms with van der Waals surface area (Å²) < 4.78 is 29.7. The summed E-state index contributed by atoms with van der Waals surface area (Å²) in [6.45, 7) is 3.11. The Hall–Kier alpha value is -3.20. The van der Waals surface area contributed by atoms with Crippen molar-refractivity contribution in [3.63, 3.8) is 0 Å². The molecule has 0 unspecified atom stereocenters. The highest BCUT2D eigenvalue weighted by atomic mass is 35.5. The van der Waals surface area contributed by atoms with Crippen molar-refractivity contribution in [1.82, 2.24) is 20.1 Å². The Morgan fingerprint density at radius 1 is 1.30 bits per heavy atom. The summed E-state index contributed by atoms with van der Waals surface area (Å²) in [5, 5.41) is 4.34. The SMILES string of the molecule is CCc1nc2cc(F)c(Cl)cn2c1C(=O)NCc1ccc(N2CCN=CN2)c(F)c1. The van der Waals surface area contributed by atoms with Crippen molar-refractivity contribution in [1.29, 1.82) is 0 Å². The molecule has 3 heterocycles. The molecule has 2 aromatic heterocycles. The number of imidazole rings is 1. The van der Waals surface area contributed by atoms with Gasteiger partial charge in [0, 0.05) is 18.8 Å². The van der Waals surface area contributed by atoms with Crippen LogP contribution in [0.1, 0.15) is 28.7 Å². The van der Waals surface area contributed by atoms with Crippen LogP contribution in [0.3, 0.4) is 0 Å². The summed E-state index contributed by atoms with van der Waals surface area (Å²) >= 11 is 5.87. The fourth-order valence-corrected chi connectivity index (χ4v) is 3.46. The van der Waals surface area contributed by atoms with E-state index in [0.717, 1.165) is 0 Å². The first kappa shape index (κ1) is 20.1. The van der Waals surface area contributed by atoms with Crippen molar-refractivity contribution >= 4 is 35.2 Å². The smallest absolute Gasteiger partial charge is 0.270 e. The largest absolute Gasteiger partial charge is 0.347 e. The Kier molecular flexibility index (Phi) is 5.54. The predicted octanol–water partition coefficient (Wildman–Crippen LogP) is 3.11. The first-order valence-electron chi connectivity index (χ1n) is 9.42. The number of halogens is 3. The molecule has 1 aliphatic rings. The Morgan fingerprint density at radius 3 is 2.83 bits per heavy atom. The lowest BCUT2D eigenvalue weighted by Gasteiger charge is -2.26. The van der Waals surface area contributed by atoms with Gasteiger partial charge in [0.15, 0.2) is 0 Å². The number of aromatic nitrogens is 2. The third kappa shape index (κ3) is 3.80. The number of amides is 1. The van der Waals surface area contributed by atoms with Gasteiger partial charge in [0.1, 0.15) is 29.3 Å². The molecule has 1 aliphatic heterocycles. The molecular weight excluding hydrogens is 414 g/mol. The molecular formula is C20H19ClF2N6O. The number of nitrogens with one attached hydrogen (secondary N) is 2. The molecule has 0 spiro atoms. The number of anilines is 1. The number of hydrazine groups is 1. The van der Waals surface area contributed by atoms with Gasteiger partial charge in [-0.25, -0.2) is 13.8 Å². The van der Waals surface area contributed by atoms with Gasteiger partial charge in [-0.3, -0.25) is 24.6 Å². The average molecular weight is 433 g/mol. The molecule has 10 heteroatoms. The van der Waals surface area contributed by atoms with Gasteiger partial charge in [-0.1, -0.05) is 24.6 Å². The summed E-state index contributed by atoms with van der Waals surface area (Å²) in [6, 6.07) is 5.96. The van der Waals surface area contributed by atoms with Gasteiger partial charge in [-0.2, -0.15) is 0 Å². The van der Waals surface area contributed by atoms with Gasteiger partial charge in [-0.05, 0) is 24.1 Å². The van der Waals surface area contributed by atoms with Crippen molar-refractivity contribution in [2.75, 3.05) is 18.1 Å². The molecule has 2 N–H and O–H groups in total. The predicted molar refractivity (Wildman–Crippen MR) is 111 cm³/mol. The molecule has 1 aromatic carbocycles. The van der Waals surface area contributed by atoms with Gasteiger partial charge in [0.2, 0.25) is 0 Å². The highest BCUT2D eigenvalue weighted by molar-refractivity contribution is 6.30. The number of nitrogens with zero attached hydrogens (tertiary/aromatic N) is 4. The fraction of sp³-hybridized carbons (Fsp3) is 0.250. The quantitative estimate of drug-likeness (QED) is 0.649. The van der Waals surface area contributed by atoms with E-state index >= 15 is 0 Å². The zero-order valence-corrected chi connectivity index (χ0v) is 16.9. The summed E-state index contributed by atoms with van der Waals surface area (Å²) in [6.07, 6.45) is 3.34. The number of rotatable bonds is 5. The van der Waals surface area contributed by atoms with E-state index in [-0.39, 0.29) is 17.3 Å². The fourth-order valence-electron chi connectivity index (χ4n) is 3.31. The lowest BCUT2D eigenvalue weighted by atomic mass is 10.1. The molecule has 7 nitrogen and oxygen atoms in total. The van der Waals surface area contributed by atoms with Crippen LogP contribution in [0.2, 0.25) is 5.02 Å². The summed E-state index contributed by atoms with van der Waals surface area (Å²) in [4.78, 5) is 21.2. The standard InChI is InChI=1S/C20H19ClF2N6O/c1-2-16-19(28-10-13(21)14(22)8-18(28)27-16)20(30)25-9-12-3-4-17(15(23)7-12)29-6-5-24-11-26-29/h3-4,7-8,10-11H,2,5-6,9H2,1H3,(H,24,26)(H,25,30). The van der Waals surface area contributed by atoms with Crippen molar-refractivity contribution in [2.45, 2.75) is 19.9 Å². The zero-order chi connectivity index (χ0) is 21.3. The van der Waals surface area contributed by atoms with Crippen LogP contribution in [0.5, 0.6) is 0 Å². The summed E-state index contributed by atoms with van der Waals surface area (Å²) in [7, 11) is 0. The Balaban J connectivity index is 1.53. The number of hydrogen-bond acceptors (Lipinski definition) is 5. The summed E-state index contributed by atoms with van der Waals surface area (Å²) in [5.41, 5.74) is 5.00. The average Bonchev–Trinajstić information content (AvgIpc) is 3.10. The minimum Gasteiger partial charge on any atom is -0.347 e. The number of carbonyl (C=O) groups excluding carboxylic acids is 1. The van der Waals surface area contributed by atoms with Crippen LogP contribution in [-0.4, -0.2) is 34.7 Å². The second kappa shape index (κ2) is 8.27. The maximum atomic E-state index is 14.5. The van der Waals surface area contributed by atoms with Crippen molar-refractivity contribution in [3.05, 3.63) is 64.1 Å². The van der Waals surface area contributed by atoms with Crippen molar-refractivity contribution < 1.29 is 13.6 Å². The minimum atomic E-state index is -0.603. The highest BCUT2D eigenvalue weighted by Crippen LogP contribution is 2.22. The lowest BCUT2D eigenvalue weighted by Crippen LogP contribution is -2.42. The third-order valence-electron chi connectivity index (χ3n) is 4.80. The third-order valence-corrected chi connectivity index (χ3v) is 5.08. The minimum absolute atomic E-state index is 0.106. The molecule has 3 aromatic rings. The van der Waals surface area contributed by atoms with E-state index in [4.69, 9.17) is 11.6 Å². The monoisotopic (exact) mass is 432 g/mol. The number of aryl methyl sites for hydroxylation is 1. The maximum absolute atomic E-state index is 14.5. The van der Waals surface area contributed by atoms with Crippen LogP contribution >= 0.6 is 11.6 Å². The molecule has 0 radical (unpaired) electrons. The molecule has 0 saturated carbocycles. The number of hydrogen-bond donors (Lipinski definition) is 2. The Labute approximate surface area is 176 Å². The van der Waals surface area contributed by atoms with E-state index in [1.165, 1.54) is 29.1 Å². The van der Waals surface area contributed by atoms with Gasteiger partial charge in [0.25, 0.3) is 5.91 Å². The maximum Gasteiger partial charge on any atom is 0.270 e. The van der Waals surface area contributed by atoms with E-state index in [9.17, 15) is 13.6 Å². The molecule has 0 bridgehead atoms. The molecule has 0 saturated heterocycles. The van der Waals surface area contributed by atoms with Crippen LogP contribution in [0.25, 0.3) is 5.65 Å². The topological polar surface area (TPSA) is 74.0 Å². The highest BCUT2D eigenvalue weighted by Gasteiger charge is 2.20. The molecule has 30 heavy (non-hydrogen) atoms. The van der Waals surface area contributed by atoms with E-state index in [0.29, 0.717) is 42.1 Å². The lowest BCUT2D eigenvalue weighted by molar-refractivity contribution is 0.0944. The first-order valence-corrected chi connectivity index (χ1v) is 9.80. The van der Waals surface area contributed by atoms with Crippen LogP contribution in [0.15, 0.2) is 35.5 Å². The van der Waals surface area contributed by atoms with E-state index in [1.54, 1.807) is 17.1 Å². The van der Waals surface area contributed by atoms with Gasteiger partial charge < -0.3 is 5.32 Å². The molecule has 4 rings (SSSR count). The number of benzene rings is 1. The number of carbonyl (C=O) groups is 1. The number of aliphatic imine (C=N–C) groups is 1. The van der Waals surface area contributed by atoms with Crippen LogP contribution in [0.4, 0.5) is 14.5 Å². The van der Waals surface area contributed by atoms with Gasteiger partial charge in [0.05, 0.1) is 29.5 Å². The Morgan fingerprint density at radius 2 is 2.13 bits per heavy atom. The number of fused-ring (bicyclic) bond motifs is 1. The van der Waals surface area contributed by atoms with Gasteiger partial charge in [-0.15, -0.1) is 0 Å². The van der Waals surface area contributed by atoms with E-state index in [1.807, 2.05) is 6.92 Å². The molecule has 1 amide bonds. The van der Waals surface area contributed by atoms with Gasteiger partial charge >= 0.3 is 0 Å². The van der Waals surface area contributed by atoms with E-state index < -0.39 is 17.5 Å². The Bertz CT molecular complexity index is 1150. The second-order valence-electron chi connectivity index (χ2n) is 6.74. The van der Waals surface area contributed by atoms with Crippen LogP contribution < -0.4 is 15.8 Å². The van der Waals surface area contributed by atoms with Crippen LogP contribution in [-0.2, 0) is 13.0 Å². The van der Waals surface area contributed by atoms with Crippen molar-refractivity contribution in [2.24, 2.45) is 4.99 Å².